The van der Waals surface area contributed by atoms with E-state index in [9.17, 15) is 9.90 Å². The molecule has 0 unspecified atom stereocenters. The lowest BCUT2D eigenvalue weighted by Crippen LogP contribution is -1.95. The largest absolute Gasteiger partial charge is 0.506 e. The Morgan fingerprint density at radius 3 is 2.41 bits per heavy atom. The Morgan fingerprint density at radius 2 is 1.76 bits per heavy atom. The summed E-state index contributed by atoms with van der Waals surface area (Å²) in [7, 11) is 0. The van der Waals surface area contributed by atoms with Crippen LogP contribution in [0, 0.1) is 0 Å². The maximum Gasteiger partial charge on any atom is 0.335 e. The molecule has 0 aliphatic heterocycles. The summed E-state index contributed by atoms with van der Waals surface area (Å²) in [6, 6.07) is 11.3. The fraction of sp³-hybridized carbons (Fsp3) is 0. The first-order valence-electron chi connectivity index (χ1n) is 5.00. The van der Waals surface area contributed by atoms with E-state index in [1.54, 1.807) is 30.3 Å². The number of nitrogen functional groups attached to an aromatic ring is 1. The monoisotopic (exact) mass is 229 g/mol. The van der Waals surface area contributed by atoms with Crippen LogP contribution >= 0.6 is 0 Å². The molecule has 86 valence electrons. The number of hydrogen-bond donors (Lipinski definition) is 3. The summed E-state index contributed by atoms with van der Waals surface area (Å²) in [5.41, 5.74) is 7.59. The summed E-state index contributed by atoms with van der Waals surface area (Å²) in [6.45, 7) is 0. The number of carbonyl (C=O) groups is 1. The predicted molar refractivity (Wildman–Crippen MR) is 64.9 cm³/mol. The highest BCUT2D eigenvalue weighted by Crippen LogP contribution is 2.27. The van der Waals surface area contributed by atoms with Gasteiger partial charge in [0.2, 0.25) is 0 Å². The van der Waals surface area contributed by atoms with E-state index in [0.717, 1.165) is 11.1 Å². The van der Waals surface area contributed by atoms with Crippen LogP contribution < -0.4 is 5.73 Å². The van der Waals surface area contributed by atoms with Crippen LogP contribution in [-0.4, -0.2) is 16.2 Å². The fourth-order valence-corrected chi connectivity index (χ4v) is 1.57. The number of nitrogens with two attached hydrogens (primary N) is 1. The Bertz CT molecular complexity index is 579. The molecule has 0 spiro atoms. The average molecular weight is 229 g/mol. The first-order chi connectivity index (χ1) is 8.08. The number of benzene rings is 2. The molecule has 2 aromatic rings. The van der Waals surface area contributed by atoms with Crippen molar-refractivity contribution >= 4 is 11.7 Å². The third-order valence-electron chi connectivity index (χ3n) is 2.47. The zero-order chi connectivity index (χ0) is 12.4. The van der Waals surface area contributed by atoms with Crippen LogP contribution in [0.2, 0.25) is 0 Å². The van der Waals surface area contributed by atoms with E-state index in [1.165, 1.54) is 12.1 Å². The zero-order valence-corrected chi connectivity index (χ0v) is 8.92. The lowest BCUT2D eigenvalue weighted by atomic mass is 10.0. The fourth-order valence-electron chi connectivity index (χ4n) is 1.57. The van der Waals surface area contributed by atoms with Crippen molar-refractivity contribution in [3.05, 3.63) is 48.0 Å². The number of hydrogen-bond acceptors (Lipinski definition) is 3. The molecule has 0 saturated carbocycles. The summed E-state index contributed by atoms with van der Waals surface area (Å²) >= 11 is 0. The molecule has 0 aliphatic rings. The summed E-state index contributed by atoms with van der Waals surface area (Å²) in [5.74, 6) is -0.957. The second-order valence-corrected chi connectivity index (χ2v) is 3.66. The molecule has 0 aliphatic carbocycles. The van der Waals surface area contributed by atoms with Crippen LogP contribution in [0.1, 0.15) is 10.4 Å². The minimum atomic E-state index is -0.974. The first-order valence-corrected chi connectivity index (χ1v) is 5.00. The molecule has 2 aromatic carbocycles. The minimum Gasteiger partial charge on any atom is -0.506 e. The van der Waals surface area contributed by atoms with E-state index >= 15 is 0 Å². The average Bonchev–Trinajstić information content (AvgIpc) is 2.33. The van der Waals surface area contributed by atoms with Gasteiger partial charge in [0.1, 0.15) is 5.75 Å². The Hall–Kier alpha value is -2.49. The summed E-state index contributed by atoms with van der Waals surface area (Å²) in [5, 5.41) is 18.2. The highest BCUT2D eigenvalue weighted by atomic mass is 16.4. The van der Waals surface area contributed by atoms with Gasteiger partial charge in [-0.1, -0.05) is 18.2 Å². The highest BCUT2D eigenvalue weighted by molar-refractivity contribution is 5.89. The maximum absolute atomic E-state index is 10.8. The number of phenols is 1. The van der Waals surface area contributed by atoms with E-state index < -0.39 is 5.97 Å². The van der Waals surface area contributed by atoms with Gasteiger partial charge in [-0.05, 0) is 35.4 Å². The van der Waals surface area contributed by atoms with Crippen LogP contribution in [-0.2, 0) is 0 Å². The van der Waals surface area contributed by atoms with Crippen molar-refractivity contribution < 1.29 is 15.0 Å². The number of carboxylic acid groups (broad SMARTS) is 1. The van der Waals surface area contributed by atoms with Gasteiger partial charge < -0.3 is 15.9 Å². The van der Waals surface area contributed by atoms with Crippen molar-refractivity contribution in [2.24, 2.45) is 0 Å². The molecule has 4 nitrogen and oxygen atoms in total. The van der Waals surface area contributed by atoms with Crippen molar-refractivity contribution in [3.63, 3.8) is 0 Å². The molecule has 0 fully saturated rings. The predicted octanol–water partition coefficient (Wildman–Crippen LogP) is 2.34. The van der Waals surface area contributed by atoms with Crippen LogP contribution in [0.25, 0.3) is 11.1 Å². The van der Waals surface area contributed by atoms with Crippen molar-refractivity contribution in [2.75, 3.05) is 5.73 Å². The van der Waals surface area contributed by atoms with Gasteiger partial charge in [-0.25, -0.2) is 4.79 Å². The maximum atomic E-state index is 10.8. The molecule has 0 radical (unpaired) electrons. The van der Waals surface area contributed by atoms with Crippen LogP contribution in [0.3, 0.4) is 0 Å². The van der Waals surface area contributed by atoms with E-state index in [4.69, 9.17) is 10.8 Å². The molecule has 0 aromatic heterocycles. The van der Waals surface area contributed by atoms with E-state index in [1.807, 2.05) is 0 Å². The summed E-state index contributed by atoms with van der Waals surface area (Å²) in [4.78, 5) is 10.8. The topological polar surface area (TPSA) is 83.6 Å². The van der Waals surface area contributed by atoms with Gasteiger partial charge >= 0.3 is 5.97 Å². The molecular formula is C13H11NO3. The lowest BCUT2D eigenvalue weighted by Gasteiger charge is -2.05. The van der Waals surface area contributed by atoms with Crippen molar-refractivity contribution in [1.29, 1.82) is 0 Å². The lowest BCUT2D eigenvalue weighted by molar-refractivity contribution is 0.0697. The molecular weight excluding hydrogens is 218 g/mol. The Kier molecular flexibility index (Phi) is 2.70. The molecule has 2 rings (SSSR count). The van der Waals surface area contributed by atoms with Crippen molar-refractivity contribution in [1.82, 2.24) is 0 Å². The zero-order valence-electron chi connectivity index (χ0n) is 8.92. The third-order valence-corrected chi connectivity index (χ3v) is 2.47. The van der Waals surface area contributed by atoms with E-state index in [-0.39, 0.29) is 17.0 Å². The summed E-state index contributed by atoms with van der Waals surface area (Å²) < 4.78 is 0. The van der Waals surface area contributed by atoms with Gasteiger partial charge in [0.05, 0.1) is 11.3 Å². The molecule has 4 N–H and O–H groups in total. The number of anilines is 1. The van der Waals surface area contributed by atoms with Gasteiger partial charge in [0.25, 0.3) is 0 Å². The second kappa shape index (κ2) is 4.17. The van der Waals surface area contributed by atoms with Gasteiger partial charge in [0, 0.05) is 0 Å². The third kappa shape index (κ3) is 2.20. The number of rotatable bonds is 2. The van der Waals surface area contributed by atoms with E-state index in [0.29, 0.717) is 0 Å². The van der Waals surface area contributed by atoms with Crippen LogP contribution in [0.15, 0.2) is 42.5 Å². The second-order valence-electron chi connectivity index (χ2n) is 3.66. The molecule has 0 heterocycles. The SMILES string of the molecule is Nc1cc(-c2cccc(C(=O)O)c2)ccc1O. The minimum absolute atomic E-state index is 0.0168. The van der Waals surface area contributed by atoms with E-state index in [2.05, 4.69) is 0 Å². The van der Waals surface area contributed by atoms with Gasteiger partial charge in [-0.2, -0.15) is 0 Å². The first kappa shape index (κ1) is 11.0. The molecule has 0 amide bonds. The molecule has 4 heteroatoms. The number of carboxylic acids is 1. The Labute approximate surface area is 97.9 Å². The number of aromatic carboxylic acids is 1. The number of phenolic OH excluding ortho intramolecular Hbond substituents is 1. The molecule has 0 atom stereocenters. The Morgan fingerprint density at radius 1 is 1.06 bits per heavy atom. The normalized spacial score (nSPS) is 10.1. The standard InChI is InChI=1S/C13H11NO3/c14-11-7-9(4-5-12(11)15)8-2-1-3-10(6-8)13(16)17/h1-7,15H,14H2,(H,16,17). The Balaban J connectivity index is 2.49. The quantitative estimate of drug-likeness (QED) is 0.545. The van der Waals surface area contributed by atoms with Gasteiger partial charge in [-0.15, -0.1) is 0 Å². The number of aromatic hydroxyl groups is 1. The summed E-state index contributed by atoms with van der Waals surface area (Å²) in [6.07, 6.45) is 0. The molecule has 17 heavy (non-hydrogen) atoms. The smallest absolute Gasteiger partial charge is 0.335 e. The van der Waals surface area contributed by atoms with Crippen LogP contribution in [0.4, 0.5) is 5.69 Å². The van der Waals surface area contributed by atoms with Gasteiger partial charge in [0.15, 0.2) is 0 Å². The van der Waals surface area contributed by atoms with Crippen molar-refractivity contribution in [2.45, 2.75) is 0 Å². The molecule has 0 saturated heterocycles. The van der Waals surface area contributed by atoms with Crippen LogP contribution in [0.5, 0.6) is 5.75 Å². The molecule has 0 bridgehead atoms. The highest BCUT2D eigenvalue weighted by Gasteiger charge is 2.06. The van der Waals surface area contributed by atoms with Crippen molar-refractivity contribution in [3.8, 4) is 16.9 Å². The van der Waals surface area contributed by atoms with Gasteiger partial charge in [-0.3, -0.25) is 0 Å².